The van der Waals surface area contributed by atoms with Gasteiger partial charge in [0.05, 0.1) is 5.75 Å². The zero-order valence-corrected chi connectivity index (χ0v) is 14.8. The van der Waals surface area contributed by atoms with E-state index >= 15 is 0 Å². The number of aromatic nitrogens is 4. The molecule has 1 aromatic carbocycles. The van der Waals surface area contributed by atoms with Crippen LogP contribution in [0.5, 0.6) is 0 Å². The Morgan fingerprint density at radius 2 is 2.08 bits per heavy atom. The minimum atomic E-state index is 0.0993. The third kappa shape index (κ3) is 2.70. The van der Waals surface area contributed by atoms with Gasteiger partial charge in [-0.2, -0.15) is 0 Å². The Morgan fingerprint density at radius 3 is 2.88 bits per heavy atom. The van der Waals surface area contributed by atoms with Crippen LogP contribution in [0.25, 0.3) is 22.1 Å². The molecule has 0 saturated heterocycles. The first-order valence-electron chi connectivity index (χ1n) is 7.46. The van der Waals surface area contributed by atoms with Crippen LogP contribution in [0.3, 0.4) is 0 Å². The number of hydrogen-bond acceptors (Lipinski definition) is 6. The number of para-hydroxylation sites is 1. The lowest BCUT2D eigenvalue weighted by Gasteiger charge is -1.99. The van der Waals surface area contributed by atoms with Crippen molar-refractivity contribution in [1.29, 1.82) is 0 Å². The molecule has 120 valence electrons. The molecule has 0 saturated carbocycles. The lowest BCUT2D eigenvalue weighted by Crippen LogP contribution is -2.03. The molecule has 0 aliphatic heterocycles. The SMILES string of the molecule is Cc1cc(C(=O)CSc2nnc3c(n2)[nH]c2ccccc23)c(C)s1. The van der Waals surface area contributed by atoms with Crippen LogP contribution >= 0.6 is 23.1 Å². The lowest BCUT2D eigenvalue weighted by molar-refractivity contribution is 0.102. The summed E-state index contributed by atoms with van der Waals surface area (Å²) in [5.74, 6) is 0.409. The largest absolute Gasteiger partial charge is 0.338 e. The second-order valence-electron chi connectivity index (χ2n) is 5.50. The number of hydrogen-bond donors (Lipinski definition) is 1. The van der Waals surface area contributed by atoms with E-state index in [1.165, 1.54) is 11.8 Å². The van der Waals surface area contributed by atoms with E-state index in [9.17, 15) is 4.79 Å². The Bertz CT molecular complexity index is 1070. The fourth-order valence-corrected chi connectivity index (χ4v) is 4.30. The quantitative estimate of drug-likeness (QED) is 0.440. The minimum absolute atomic E-state index is 0.0993. The van der Waals surface area contributed by atoms with E-state index in [4.69, 9.17) is 0 Å². The van der Waals surface area contributed by atoms with Crippen LogP contribution < -0.4 is 0 Å². The summed E-state index contributed by atoms with van der Waals surface area (Å²) in [4.78, 5) is 22.3. The van der Waals surface area contributed by atoms with Crippen molar-refractivity contribution in [3.63, 3.8) is 0 Å². The maximum Gasteiger partial charge on any atom is 0.211 e. The molecule has 0 bridgehead atoms. The number of ketones is 1. The van der Waals surface area contributed by atoms with Crippen molar-refractivity contribution in [3.05, 3.63) is 45.6 Å². The van der Waals surface area contributed by atoms with E-state index in [1.807, 2.05) is 44.2 Å². The first-order chi connectivity index (χ1) is 11.6. The second-order valence-corrected chi connectivity index (χ2v) is 7.90. The Kier molecular flexibility index (Phi) is 3.82. The van der Waals surface area contributed by atoms with Crippen molar-refractivity contribution >= 4 is 50.9 Å². The molecule has 0 spiro atoms. The van der Waals surface area contributed by atoms with Crippen LogP contribution in [0.15, 0.2) is 35.5 Å². The smallest absolute Gasteiger partial charge is 0.211 e. The number of rotatable bonds is 4. The third-order valence-corrected chi connectivity index (χ3v) is 5.58. The van der Waals surface area contributed by atoms with Crippen LogP contribution in [-0.2, 0) is 0 Å². The number of Topliss-reactive ketones (excluding diaryl/α,β-unsaturated/α-hetero) is 1. The van der Waals surface area contributed by atoms with Gasteiger partial charge in [0.2, 0.25) is 5.16 Å². The fraction of sp³-hybridized carbons (Fsp3) is 0.176. The summed E-state index contributed by atoms with van der Waals surface area (Å²) >= 11 is 2.96. The van der Waals surface area contributed by atoms with E-state index in [2.05, 4.69) is 20.2 Å². The minimum Gasteiger partial charge on any atom is -0.338 e. The topological polar surface area (TPSA) is 71.5 Å². The van der Waals surface area contributed by atoms with E-state index in [-0.39, 0.29) is 5.78 Å². The molecule has 0 amide bonds. The van der Waals surface area contributed by atoms with E-state index in [0.29, 0.717) is 16.6 Å². The summed E-state index contributed by atoms with van der Waals surface area (Å²) in [6, 6.07) is 9.84. The maximum atomic E-state index is 12.4. The number of benzene rings is 1. The zero-order chi connectivity index (χ0) is 16.7. The lowest BCUT2D eigenvalue weighted by atomic mass is 10.2. The van der Waals surface area contributed by atoms with Gasteiger partial charge in [0.15, 0.2) is 11.4 Å². The molecule has 0 radical (unpaired) electrons. The van der Waals surface area contributed by atoms with Gasteiger partial charge in [-0.25, -0.2) is 4.98 Å². The maximum absolute atomic E-state index is 12.4. The summed E-state index contributed by atoms with van der Waals surface area (Å²) in [5.41, 5.74) is 3.23. The fourth-order valence-electron chi connectivity index (χ4n) is 2.68. The molecule has 0 aliphatic rings. The summed E-state index contributed by atoms with van der Waals surface area (Å²) in [6.07, 6.45) is 0. The Morgan fingerprint density at radius 1 is 1.25 bits per heavy atom. The molecule has 1 N–H and O–H groups in total. The number of carbonyl (C=O) groups excluding carboxylic acids is 1. The molecule has 0 aliphatic carbocycles. The number of thiophene rings is 1. The van der Waals surface area contributed by atoms with Crippen molar-refractivity contribution in [2.24, 2.45) is 0 Å². The first-order valence-corrected chi connectivity index (χ1v) is 9.26. The van der Waals surface area contributed by atoms with E-state index in [0.717, 1.165) is 31.7 Å². The number of fused-ring (bicyclic) bond motifs is 3. The number of nitrogens with one attached hydrogen (secondary N) is 1. The van der Waals surface area contributed by atoms with Gasteiger partial charge in [-0.1, -0.05) is 30.0 Å². The molecule has 0 unspecified atom stereocenters. The summed E-state index contributed by atoms with van der Waals surface area (Å²) < 4.78 is 0. The van der Waals surface area contributed by atoms with Gasteiger partial charge in [-0.15, -0.1) is 21.5 Å². The average Bonchev–Trinajstić information content (AvgIpc) is 3.11. The van der Waals surface area contributed by atoms with E-state index < -0.39 is 0 Å². The van der Waals surface area contributed by atoms with Gasteiger partial charge in [-0.3, -0.25) is 4.79 Å². The third-order valence-electron chi connectivity index (χ3n) is 3.78. The molecule has 3 aromatic heterocycles. The molecule has 5 nitrogen and oxygen atoms in total. The molecule has 24 heavy (non-hydrogen) atoms. The average molecular weight is 354 g/mol. The number of aryl methyl sites for hydroxylation is 2. The highest BCUT2D eigenvalue weighted by atomic mass is 32.2. The zero-order valence-electron chi connectivity index (χ0n) is 13.2. The Labute approximate surface area is 146 Å². The Hall–Kier alpha value is -2.25. The van der Waals surface area contributed by atoms with Crippen molar-refractivity contribution in [3.8, 4) is 0 Å². The van der Waals surface area contributed by atoms with Crippen molar-refractivity contribution in [2.45, 2.75) is 19.0 Å². The van der Waals surface area contributed by atoms with Gasteiger partial charge in [0, 0.05) is 26.2 Å². The van der Waals surface area contributed by atoms with Crippen molar-refractivity contribution < 1.29 is 4.79 Å². The number of thioether (sulfide) groups is 1. The molecular formula is C17H14N4OS2. The van der Waals surface area contributed by atoms with Crippen LogP contribution in [-0.4, -0.2) is 31.7 Å². The van der Waals surface area contributed by atoms with E-state index in [1.54, 1.807) is 11.3 Å². The summed E-state index contributed by atoms with van der Waals surface area (Å²) in [6.45, 7) is 3.99. The number of nitrogens with zero attached hydrogens (tertiary/aromatic N) is 3. The van der Waals surface area contributed by atoms with Gasteiger partial charge in [0.25, 0.3) is 0 Å². The van der Waals surface area contributed by atoms with Crippen LogP contribution in [0, 0.1) is 13.8 Å². The van der Waals surface area contributed by atoms with Crippen molar-refractivity contribution in [1.82, 2.24) is 20.2 Å². The molecule has 0 fully saturated rings. The summed E-state index contributed by atoms with van der Waals surface area (Å²) in [7, 11) is 0. The van der Waals surface area contributed by atoms with Gasteiger partial charge in [0.1, 0.15) is 5.52 Å². The van der Waals surface area contributed by atoms with Gasteiger partial charge >= 0.3 is 0 Å². The summed E-state index contributed by atoms with van der Waals surface area (Å²) in [5, 5.41) is 9.93. The van der Waals surface area contributed by atoms with Crippen molar-refractivity contribution in [2.75, 3.05) is 5.75 Å². The monoisotopic (exact) mass is 354 g/mol. The van der Waals surface area contributed by atoms with Gasteiger partial charge < -0.3 is 4.98 Å². The highest BCUT2D eigenvalue weighted by Crippen LogP contribution is 2.25. The molecule has 4 rings (SSSR count). The number of H-pyrrole nitrogens is 1. The van der Waals surface area contributed by atoms with Crippen LogP contribution in [0.2, 0.25) is 0 Å². The predicted molar refractivity (Wildman–Crippen MR) is 98.0 cm³/mol. The molecular weight excluding hydrogens is 340 g/mol. The van der Waals surface area contributed by atoms with Crippen LogP contribution in [0.4, 0.5) is 0 Å². The highest BCUT2D eigenvalue weighted by Gasteiger charge is 2.14. The first kappa shape index (κ1) is 15.3. The Balaban J connectivity index is 1.57. The number of aromatic amines is 1. The normalized spacial score (nSPS) is 11.4. The molecule has 7 heteroatoms. The van der Waals surface area contributed by atoms with Crippen LogP contribution in [0.1, 0.15) is 20.1 Å². The second kappa shape index (κ2) is 5.99. The molecule has 3 heterocycles. The van der Waals surface area contributed by atoms with Gasteiger partial charge in [-0.05, 0) is 26.0 Å². The molecule has 0 atom stereocenters. The highest BCUT2D eigenvalue weighted by molar-refractivity contribution is 7.99. The number of carbonyl (C=O) groups is 1. The molecule has 4 aromatic rings. The standard InChI is InChI=1S/C17H14N4OS2/c1-9-7-12(10(2)24-9)14(22)8-23-17-19-16-15(20-21-17)11-5-3-4-6-13(11)18-16/h3-7H,8H2,1-2H3,(H,18,19,21). The predicted octanol–water partition coefficient (Wildman–Crippen LogP) is 4.16.